The molecular formula is C30H35ClN6O2. The average Bonchev–Trinajstić information content (AvgIpc) is 3.34. The van der Waals surface area contributed by atoms with Crippen molar-refractivity contribution in [1.29, 1.82) is 0 Å². The van der Waals surface area contributed by atoms with Crippen molar-refractivity contribution in [1.82, 2.24) is 19.9 Å². The van der Waals surface area contributed by atoms with Crippen LogP contribution in [0.15, 0.2) is 59.5 Å². The van der Waals surface area contributed by atoms with Crippen molar-refractivity contribution in [2.24, 2.45) is 5.41 Å². The number of hydrogen-bond donors (Lipinski definition) is 3. The van der Waals surface area contributed by atoms with Gasteiger partial charge in [-0.25, -0.2) is 4.98 Å². The minimum Gasteiger partial charge on any atom is -0.384 e. The molecule has 204 valence electrons. The molecule has 8 nitrogen and oxygen atoms in total. The van der Waals surface area contributed by atoms with Gasteiger partial charge in [0.05, 0.1) is 23.3 Å². The number of benzene rings is 2. The summed E-state index contributed by atoms with van der Waals surface area (Å²) in [5, 5.41) is 4.14. The number of rotatable bonds is 9. The summed E-state index contributed by atoms with van der Waals surface area (Å²) >= 11 is 6.12. The van der Waals surface area contributed by atoms with Crippen molar-refractivity contribution >= 4 is 34.0 Å². The van der Waals surface area contributed by atoms with Crippen molar-refractivity contribution in [3.63, 3.8) is 0 Å². The van der Waals surface area contributed by atoms with Crippen molar-refractivity contribution in [3.05, 3.63) is 75.7 Å². The van der Waals surface area contributed by atoms with Crippen LogP contribution < -0.4 is 15.8 Å². The van der Waals surface area contributed by atoms with Crippen molar-refractivity contribution in [2.45, 2.75) is 19.3 Å². The Kier molecular flexibility index (Phi) is 7.34. The van der Waals surface area contributed by atoms with Gasteiger partial charge in [0.1, 0.15) is 11.4 Å². The van der Waals surface area contributed by atoms with Crippen LogP contribution in [-0.2, 0) is 11.2 Å². The highest BCUT2D eigenvalue weighted by atomic mass is 35.5. The van der Waals surface area contributed by atoms with E-state index >= 15 is 0 Å². The zero-order valence-corrected chi connectivity index (χ0v) is 23.1. The number of pyridine rings is 1. The first kappa shape index (κ1) is 25.9. The average molecular weight is 547 g/mol. The number of aromatic nitrogens is 3. The Morgan fingerprint density at radius 1 is 1.13 bits per heavy atom. The van der Waals surface area contributed by atoms with Crippen LogP contribution in [0.1, 0.15) is 18.4 Å². The number of likely N-dealkylation sites (tertiary alicyclic amines) is 1. The molecule has 3 N–H and O–H groups in total. The number of nitrogens with one attached hydrogen (secondary N) is 3. The molecule has 0 unspecified atom stereocenters. The van der Waals surface area contributed by atoms with Gasteiger partial charge in [-0.2, -0.15) is 0 Å². The van der Waals surface area contributed by atoms with Crippen LogP contribution >= 0.6 is 11.6 Å². The smallest absolute Gasteiger partial charge is 0.261 e. The van der Waals surface area contributed by atoms with Gasteiger partial charge >= 0.3 is 0 Å². The first-order chi connectivity index (χ1) is 19.0. The second kappa shape index (κ2) is 11.0. The lowest BCUT2D eigenvalue weighted by molar-refractivity contribution is 0.0591. The Bertz CT molecular complexity index is 1500. The first-order valence-electron chi connectivity index (χ1n) is 13.7. The molecule has 9 heteroatoms. The fourth-order valence-corrected chi connectivity index (χ4v) is 6.15. The largest absolute Gasteiger partial charge is 0.384 e. The molecule has 0 bridgehead atoms. The summed E-state index contributed by atoms with van der Waals surface area (Å²) in [6, 6.07) is 16.1. The van der Waals surface area contributed by atoms with Gasteiger partial charge in [-0.3, -0.25) is 4.79 Å². The number of aromatic amines is 2. The molecule has 0 atom stereocenters. The number of ether oxygens (including phenoxy) is 1. The van der Waals surface area contributed by atoms with E-state index in [1.54, 1.807) is 13.3 Å². The van der Waals surface area contributed by atoms with Crippen molar-refractivity contribution in [3.8, 4) is 11.4 Å². The zero-order valence-electron chi connectivity index (χ0n) is 22.3. The maximum atomic E-state index is 12.9. The topological polar surface area (TPSA) is 89.3 Å². The summed E-state index contributed by atoms with van der Waals surface area (Å²) in [5.41, 5.74) is 5.65. The zero-order chi connectivity index (χ0) is 26.8. The summed E-state index contributed by atoms with van der Waals surface area (Å²) in [6.07, 6.45) is 4.94. The highest BCUT2D eigenvalue weighted by Gasteiger charge is 2.44. The Hall–Kier alpha value is -3.33. The van der Waals surface area contributed by atoms with Gasteiger partial charge in [-0.15, -0.1) is 0 Å². The lowest BCUT2D eigenvalue weighted by atomic mass is 9.71. The molecule has 4 aromatic rings. The Balaban J connectivity index is 1.14. The second-order valence-corrected chi connectivity index (χ2v) is 11.3. The van der Waals surface area contributed by atoms with E-state index in [0.717, 1.165) is 73.1 Å². The highest BCUT2D eigenvalue weighted by Crippen LogP contribution is 2.43. The standard InChI is InChI=1S/C30H35ClN6O2/c1-39-16-15-36-13-9-30(10-14-36)19-37(20-30)23-5-6-24-26(18-23)35-28(34-24)27-25(8-12-33-29(27)38)32-11-7-21-3-2-4-22(31)17-21/h2-6,8,12,17-18H,7,9-11,13-16,19-20H2,1H3,(H,34,35)(H2,32,33,38). The number of H-pyrrole nitrogens is 2. The number of imidazole rings is 1. The number of halogens is 1. The summed E-state index contributed by atoms with van der Waals surface area (Å²) in [4.78, 5) is 28.9. The van der Waals surface area contributed by atoms with Crippen LogP contribution in [0.25, 0.3) is 22.4 Å². The van der Waals surface area contributed by atoms with E-state index in [1.165, 1.54) is 18.5 Å². The van der Waals surface area contributed by atoms with Gasteiger partial charge in [0, 0.05) is 55.6 Å². The second-order valence-electron chi connectivity index (χ2n) is 10.9. The molecule has 1 spiro atoms. The van der Waals surface area contributed by atoms with Gasteiger partial charge in [-0.05, 0) is 74.3 Å². The SMILES string of the molecule is COCCN1CCC2(CC1)CN(c1ccc3nc(-c4c(NCCc5cccc(Cl)c5)cc[nH]c4=O)[nH]c3c1)C2. The number of piperidine rings is 1. The normalized spacial score (nSPS) is 17.0. The predicted molar refractivity (Wildman–Crippen MR) is 158 cm³/mol. The highest BCUT2D eigenvalue weighted by molar-refractivity contribution is 6.30. The Morgan fingerprint density at radius 3 is 2.77 bits per heavy atom. The van der Waals surface area contributed by atoms with E-state index < -0.39 is 0 Å². The third-order valence-electron chi connectivity index (χ3n) is 8.23. The van der Waals surface area contributed by atoms with Gasteiger partial charge in [-0.1, -0.05) is 23.7 Å². The molecule has 6 rings (SSSR count). The van der Waals surface area contributed by atoms with Crippen LogP contribution in [0.5, 0.6) is 0 Å². The fraction of sp³-hybridized carbons (Fsp3) is 0.400. The van der Waals surface area contributed by atoms with E-state index in [-0.39, 0.29) is 5.56 Å². The van der Waals surface area contributed by atoms with Gasteiger partial charge in [0.15, 0.2) is 0 Å². The molecule has 0 amide bonds. The van der Waals surface area contributed by atoms with Crippen molar-refractivity contribution in [2.75, 3.05) is 63.2 Å². The van der Waals surface area contributed by atoms with E-state index in [9.17, 15) is 4.79 Å². The van der Waals surface area contributed by atoms with Crippen LogP contribution in [0.2, 0.25) is 5.02 Å². The molecule has 0 radical (unpaired) electrons. The molecule has 39 heavy (non-hydrogen) atoms. The van der Waals surface area contributed by atoms with Crippen LogP contribution in [0, 0.1) is 5.41 Å². The predicted octanol–water partition coefficient (Wildman–Crippen LogP) is 4.77. The maximum absolute atomic E-state index is 12.9. The first-order valence-corrected chi connectivity index (χ1v) is 14.1. The minimum absolute atomic E-state index is 0.177. The number of anilines is 2. The number of nitrogens with zero attached hydrogens (tertiary/aromatic N) is 3. The maximum Gasteiger partial charge on any atom is 0.261 e. The molecule has 4 heterocycles. The minimum atomic E-state index is -0.177. The van der Waals surface area contributed by atoms with E-state index in [2.05, 4.69) is 43.3 Å². The molecule has 2 saturated heterocycles. The Labute approximate surface area is 233 Å². The number of methoxy groups -OCH3 is 1. The van der Waals surface area contributed by atoms with Crippen LogP contribution in [0.3, 0.4) is 0 Å². The summed E-state index contributed by atoms with van der Waals surface area (Å²) in [7, 11) is 1.77. The molecule has 2 aromatic heterocycles. The molecule has 2 aromatic carbocycles. The third kappa shape index (κ3) is 5.55. The Morgan fingerprint density at radius 2 is 1.97 bits per heavy atom. The molecule has 2 aliphatic heterocycles. The molecule has 0 aliphatic carbocycles. The fourth-order valence-electron chi connectivity index (χ4n) is 5.94. The summed E-state index contributed by atoms with van der Waals surface area (Å²) < 4.78 is 5.24. The number of hydrogen-bond acceptors (Lipinski definition) is 6. The van der Waals surface area contributed by atoms with Gasteiger partial charge < -0.3 is 29.8 Å². The van der Waals surface area contributed by atoms with Crippen LogP contribution in [-0.4, -0.2) is 72.8 Å². The third-order valence-corrected chi connectivity index (χ3v) is 8.46. The van der Waals surface area contributed by atoms with Gasteiger partial charge in [0.2, 0.25) is 0 Å². The van der Waals surface area contributed by atoms with E-state index in [1.807, 2.05) is 30.3 Å². The summed E-state index contributed by atoms with van der Waals surface area (Å²) in [5.74, 6) is 0.567. The quantitative estimate of drug-likeness (QED) is 0.280. The molecule has 2 aliphatic rings. The molecule has 0 saturated carbocycles. The van der Waals surface area contributed by atoms with E-state index in [4.69, 9.17) is 21.3 Å². The monoisotopic (exact) mass is 546 g/mol. The molecular weight excluding hydrogens is 512 g/mol. The summed E-state index contributed by atoms with van der Waals surface area (Å²) in [6.45, 7) is 7.00. The lowest BCUT2D eigenvalue weighted by Gasteiger charge is -2.55. The molecule has 2 fully saturated rings. The van der Waals surface area contributed by atoms with E-state index in [0.29, 0.717) is 23.3 Å². The van der Waals surface area contributed by atoms with Gasteiger partial charge in [0.25, 0.3) is 5.56 Å². The lowest BCUT2D eigenvalue weighted by Crippen LogP contribution is -2.60. The van der Waals surface area contributed by atoms with Crippen LogP contribution in [0.4, 0.5) is 11.4 Å². The van der Waals surface area contributed by atoms with Crippen molar-refractivity contribution < 1.29 is 4.74 Å². The number of fused-ring (bicyclic) bond motifs is 1.